The zero-order valence-electron chi connectivity index (χ0n) is 5.51. The van der Waals surface area contributed by atoms with Crippen molar-refractivity contribution < 1.29 is 26.7 Å². The highest BCUT2D eigenvalue weighted by Gasteiger charge is 2.27. The van der Waals surface area contributed by atoms with Crippen molar-refractivity contribution in [3.8, 4) is 0 Å². The summed E-state index contributed by atoms with van der Waals surface area (Å²) in [5, 5.41) is 7.97. The van der Waals surface area contributed by atoms with Gasteiger partial charge in [-0.3, -0.25) is 4.79 Å². The Morgan fingerprint density at radius 3 is 1.73 bits per heavy atom. The molecule has 8 heteroatoms. The molecule has 66 valence electrons. The first kappa shape index (κ1) is 10.4. The third-order valence-corrected chi connectivity index (χ3v) is 5.41. The number of carboxylic acids is 1. The molecular formula is C3H6O6S2. The second-order valence-electron chi connectivity index (χ2n) is 1.80. The van der Waals surface area contributed by atoms with Crippen molar-refractivity contribution in [2.24, 2.45) is 0 Å². The lowest BCUT2D eigenvalue weighted by atomic mass is 10.8. The molecule has 0 aromatic carbocycles. The molecule has 11 heavy (non-hydrogen) atoms. The van der Waals surface area contributed by atoms with Crippen LogP contribution < -0.4 is 0 Å². The Kier molecular flexibility index (Phi) is 2.62. The number of carboxylic acid groups (broad SMARTS) is 1. The minimum Gasteiger partial charge on any atom is -0.480 e. The Balaban J connectivity index is 4.96. The molecule has 1 N–H and O–H groups in total. The van der Waals surface area contributed by atoms with Crippen molar-refractivity contribution in [1.82, 2.24) is 0 Å². The van der Waals surface area contributed by atoms with E-state index in [-0.39, 0.29) is 0 Å². The Hall–Kier alpha value is -0.630. The molecule has 0 unspecified atom stereocenters. The van der Waals surface area contributed by atoms with Gasteiger partial charge in [-0.25, -0.2) is 16.8 Å². The maximum Gasteiger partial charge on any atom is 0.319 e. The Labute approximate surface area is 63.1 Å². The second kappa shape index (κ2) is 2.78. The van der Waals surface area contributed by atoms with E-state index in [0.717, 1.165) is 0 Å². The van der Waals surface area contributed by atoms with Crippen molar-refractivity contribution in [1.29, 1.82) is 0 Å². The normalized spacial score (nSPS) is 12.8. The molecule has 0 amide bonds. The van der Waals surface area contributed by atoms with Gasteiger partial charge in [0.05, 0.1) is 6.26 Å². The fourth-order valence-electron chi connectivity index (χ4n) is 0.258. The maximum atomic E-state index is 10.5. The largest absolute Gasteiger partial charge is 0.480 e. The van der Waals surface area contributed by atoms with Gasteiger partial charge in [-0.2, -0.15) is 0 Å². The van der Waals surface area contributed by atoms with Gasteiger partial charge >= 0.3 is 5.97 Å². The summed E-state index contributed by atoms with van der Waals surface area (Å²) in [5.41, 5.74) is 0. The van der Waals surface area contributed by atoms with Crippen molar-refractivity contribution in [3.63, 3.8) is 0 Å². The summed E-state index contributed by atoms with van der Waals surface area (Å²) in [6.07, 6.45) is 0.450. The van der Waals surface area contributed by atoms with Crippen LogP contribution in [0.3, 0.4) is 0 Å². The van der Waals surface area contributed by atoms with Gasteiger partial charge in [-0.1, -0.05) is 0 Å². The molecule has 0 fully saturated rings. The molecule has 0 aliphatic rings. The van der Waals surface area contributed by atoms with Crippen molar-refractivity contribution >= 4 is 23.7 Å². The van der Waals surface area contributed by atoms with E-state index in [0.29, 0.717) is 6.26 Å². The van der Waals surface area contributed by atoms with E-state index in [4.69, 9.17) is 5.11 Å². The molecular weight excluding hydrogens is 196 g/mol. The van der Waals surface area contributed by atoms with Crippen LogP contribution in [0.25, 0.3) is 0 Å². The van der Waals surface area contributed by atoms with Crippen LogP contribution >= 0.6 is 0 Å². The second-order valence-corrected chi connectivity index (χ2v) is 7.95. The summed E-state index contributed by atoms with van der Waals surface area (Å²) in [6.45, 7) is 0. The van der Waals surface area contributed by atoms with Crippen LogP contribution in [-0.2, 0) is 22.5 Å². The molecule has 6 nitrogen and oxygen atoms in total. The molecule has 0 spiro atoms. The SMILES string of the molecule is CS(=O)(=O)S(=O)(=O)CC(=O)O. The number of hydrogen-bond acceptors (Lipinski definition) is 5. The van der Waals surface area contributed by atoms with Crippen LogP contribution in [-0.4, -0.2) is 39.9 Å². The van der Waals surface area contributed by atoms with Crippen LogP contribution in [0, 0.1) is 0 Å². The van der Waals surface area contributed by atoms with Crippen LogP contribution in [0.1, 0.15) is 0 Å². The first-order valence-corrected chi connectivity index (χ1v) is 6.37. The third kappa shape index (κ3) is 2.85. The zero-order chi connectivity index (χ0) is 9.28. The minimum atomic E-state index is -4.52. The number of carbonyl (C=O) groups is 1. The van der Waals surface area contributed by atoms with Crippen LogP contribution in [0.4, 0.5) is 0 Å². The molecule has 0 saturated heterocycles. The highest BCUT2D eigenvalue weighted by Crippen LogP contribution is 1.99. The van der Waals surface area contributed by atoms with E-state index in [2.05, 4.69) is 0 Å². The molecule has 0 aliphatic heterocycles. The Morgan fingerprint density at radius 1 is 1.27 bits per heavy atom. The summed E-state index contributed by atoms with van der Waals surface area (Å²) in [5.74, 6) is -3.07. The molecule has 0 aromatic rings. The van der Waals surface area contributed by atoms with Crippen molar-refractivity contribution in [3.05, 3.63) is 0 Å². The van der Waals surface area contributed by atoms with E-state index in [9.17, 15) is 21.6 Å². The minimum absolute atomic E-state index is 0.450. The van der Waals surface area contributed by atoms with Gasteiger partial charge in [0.15, 0.2) is 5.75 Å². The molecule has 0 bridgehead atoms. The van der Waals surface area contributed by atoms with Gasteiger partial charge in [0.25, 0.3) is 17.7 Å². The summed E-state index contributed by atoms with van der Waals surface area (Å²) in [4.78, 5) is 9.82. The smallest absolute Gasteiger partial charge is 0.319 e. The molecule has 0 atom stereocenters. The van der Waals surface area contributed by atoms with Gasteiger partial charge < -0.3 is 5.11 Å². The topological polar surface area (TPSA) is 106 Å². The van der Waals surface area contributed by atoms with E-state index in [1.807, 2.05) is 0 Å². The van der Waals surface area contributed by atoms with Crippen molar-refractivity contribution in [2.45, 2.75) is 0 Å². The lowest BCUT2D eigenvalue weighted by Crippen LogP contribution is -2.22. The molecule has 0 aromatic heterocycles. The van der Waals surface area contributed by atoms with Gasteiger partial charge in [-0.15, -0.1) is 0 Å². The predicted octanol–water partition coefficient (Wildman–Crippen LogP) is -1.55. The van der Waals surface area contributed by atoms with Crippen LogP contribution in [0.2, 0.25) is 0 Å². The van der Waals surface area contributed by atoms with Crippen molar-refractivity contribution in [2.75, 3.05) is 12.0 Å². The lowest BCUT2D eigenvalue weighted by Gasteiger charge is -1.95. The average Bonchev–Trinajstić information content (AvgIpc) is 1.56. The predicted molar refractivity (Wildman–Crippen MR) is 36.3 cm³/mol. The first-order chi connectivity index (χ1) is 4.67. The summed E-state index contributed by atoms with van der Waals surface area (Å²) in [7, 11) is -8.83. The Bertz CT molecular complexity index is 345. The standard InChI is InChI=1S/C3H6O6S2/c1-10(6,7)11(8,9)2-3(4)5/h2H2,1H3,(H,4,5). The zero-order valence-corrected chi connectivity index (χ0v) is 7.15. The number of rotatable bonds is 3. The Morgan fingerprint density at radius 2 is 1.64 bits per heavy atom. The van der Waals surface area contributed by atoms with Gasteiger partial charge in [0.1, 0.15) is 0 Å². The fourth-order valence-corrected chi connectivity index (χ4v) is 1.72. The highest BCUT2D eigenvalue weighted by atomic mass is 33.2. The monoisotopic (exact) mass is 202 g/mol. The van der Waals surface area contributed by atoms with Crippen LogP contribution in [0.5, 0.6) is 0 Å². The average molecular weight is 202 g/mol. The molecule has 0 aliphatic carbocycles. The van der Waals surface area contributed by atoms with E-state index in [1.165, 1.54) is 0 Å². The number of hydrogen-bond donors (Lipinski definition) is 1. The van der Waals surface area contributed by atoms with E-state index >= 15 is 0 Å². The lowest BCUT2D eigenvalue weighted by molar-refractivity contribution is -0.134. The maximum absolute atomic E-state index is 10.5. The summed E-state index contributed by atoms with van der Waals surface area (Å²) in [6, 6.07) is 0. The molecule has 0 heterocycles. The summed E-state index contributed by atoms with van der Waals surface area (Å²) >= 11 is 0. The van der Waals surface area contributed by atoms with Gasteiger partial charge in [0, 0.05) is 0 Å². The highest BCUT2D eigenvalue weighted by molar-refractivity contribution is 8.67. The molecule has 0 saturated carbocycles. The first-order valence-electron chi connectivity index (χ1n) is 2.31. The molecule has 0 rings (SSSR count). The third-order valence-electron chi connectivity index (χ3n) is 0.762. The summed E-state index contributed by atoms with van der Waals surface area (Å²) < 4.78 is 41.7. The van der Waals surface area contributed by atoms with Crippen LogP contribution in [0.15, 0.2) is 0 Å². The fraction of sp³-hybridized carbons (Fsp3) is 0.667. The van der Waals surface area contributed by atoms with Gasteiger partial charge in [0.2, 0.25) is 0 Å². The van der Waals surface area contributed by atoms with E-state index in [1.54, 1.807) is 0 Å². The quantitative estimate of drug-likeness (QED) is 0.555. The van der Waals surface area contributed by atoms with E-state index < -0.39 is 29.5 Å². The van der Waals surface area contributed by atoms with Gasteiger partial charge in [-0.05, 0) is 0 Å². The molecule has 0 radical (unpaired) electrons. The number of aliphatic carboxylic acids is 1.